The molecule has 0 bridgehead atoms. The van der Waals surface area contributed by atoms with Crippen LogP contribution in [0.15, 0.2) is 115 Å². The number of hydrogen-bond acceptors (Lipinski definition) is 2. The van der Waals surface area contributed by atoms with Gasteiger partial charge in [0.05, 0.1) is 0 Å². The fourth-order valence-corrected chi connectivity index (χ4v) is 14.2. The Morgan fingerprint density at radius 1 is 0.437 bits per heavy atom. The van der Waals surface area contributed by atoms with Crippen LogP contribution in [0.3, 0.4) is 0 Å². The molecular weight excluding hydrogens is 856 g/mol. The molecule has 3 heteroatoms. The summed E-state index contributed by atoms with van der Waals surface area (Å²) in [4.78, 5) is 5.54. The van der Waals surface area contributed by atoms with Crippen molar-refractivity contribution < 1.29 is 0 Å². The van der Waals surface area contributed by atoms with Gasteiger partial charge in [0.2, 0.25) is 0 Å². The Bertz CT molecular complexity index is 3400. The molecule has 0 saturated carbocycles. The van der Waals surface area contributed by atoms with Crippen LogP contribution in [0.5, 0.6) is 0 Å². The first-order valence-electron chi connectivity index (χ1n) is 26.9. The first-order chi connectivity index (χ1) is 33.3. The molecule has 360 valence electrons. The third kappa shape index (κ3) is 6.66. The second kappa shape index (κ2) is 14.9. The van der Waals surface area contributed by atoms with E-state index in [-0.39, 0.29) is 39.3 Å². The maximum atomic E-state index is 2.78. The number of rotatable bonds is 3. The van der Waals surface area contributed by atoms with Crippen molar-refractivity contribution in [1.82, 2.24) is 0 Å². The molecule has 7 aromatic carbocycles. The van der Waals surface area contributed by atoms with Crippen LogP contribution in [0.4, 0.5) is 28.4 Å². The molecule has 0 aromatic heterocycles. The maximum Gasteiger partial charge on any atom is 0.333 e. The minimum Gasteiger partial charge on any atom is -0.376 e. The topological polar surface area (TPSA) is 6.48 Å². The average Bonchev–Trinajstić information content (AvgIpc) is 3.53. The Hall–Kier alpha value is -5.80. The lowest BCUT2D eigenvalue weighted by atomic mass is 9.42. The normalized spacial score (nSPS) is 19.0. The van der Waals surface area contributed by atoms with E-state index in [4.69, 9.17) is 0 Å². The smallest absolute Gasteiger partial charge is 0.333 e. The van der Waals surface area contributed by atoms with E-state index in [1.165, 1.54) is 154 Å². The van der Waals surface area contributed by atoms with Crippen molar-refractivity contribution in [2.45, 2.75) is 169 Å². The minimum atomic E-state index is -0.172. The Morgan fingerprint density at radius 2 is 0.986 bits per heavy atom. The van der Waals surface area contributed by atoms with Crippen LogP contribution in [-0.2, 0) is 32.5 Å². The van der Waals surface area contributed by atoms with E-state index in [2.05, 4.69) is 236 Å². The van der Waals surface area contributed by atoms with Gasteiger partial charge in [-0.1, -0.05) is 157 Å². The van der Waals surface area contributed by atoms with E-state index in [1.54, 1.807) is 0 Å². The number of aryl methyl sites for hydroxylation is 3. The van der Waals surface area contributed by atoms with Gasteiger partial charge in [0.15, 0.2) is 0 Å². The van der Waals surface area contributed by atoms with Crippen LogP contribution in [0, 0.1) is 20.8 Å². The van der Waals surface area contributed by atoms with Gasteiger partial charge >= 0.3 is 6.85 Å². The zero-order chi connectivity index (χ0) is 50.3. The molecule has 5 aliphatic rings. The highest BCUT2D eigenvalue weighted by Crippen LogP contribution is 2.57. The first-order valence-corrected chi connectivity index (χ1v) is 26.9. The molecule has 2 heterocycles. The van der Waals surface area contributed by atoms with E-state index < -0.39 is 0 Å². The molecule has 2 nitrogen and oxygen atoms in total. The molecule has 7 aromatic rings. The minimum absolute atomic E-state index is 0.0338. The van der Waals surface area contributed by atoms with Gasteiger partial charge in [-0.3, -0.25) is 0 Å². The first kappa shape index (κ1) is 46.3. The molecule has 3 aliphatic carbocycles. The second-order valence-electron chi connectivity index (χ2n) is 26.9. The zero-order valence-electron chi connectivity index (χ0n) is 45.8. The highest BCUT2D eigenvalue weighted by Gasteiger charge is 2.50. The van der Waals surface area contributed by atoms with Crippen LogP contribution in [0.25, 0.3) is 33.4 Å². The highest BCUT2D eigenvalue weighted by molar-refractivity contribution is 6.93. The molecule has 71 heavy (non-hydrogen) atoms. The number of anilines is 5. The van der Waals surface area contributed by atoms with Gasteiger partial charge in [0, 0.05) is 39.4 Å². The molecule has 0 saturated heterocycles. The van der Waals surface area contributed by atoms with Gasteiger partial charge in [-0.05, 0) is 216 Å². The summed E-state index contributed by atoms with van der Waals surface area (Å²) in [7, 11) is 0. The van der Waals surface area contributed by atoms with Crippen molar-refractivity contribution in [3.8, 4) is 33.4 Å². The fraction of sp³-hybridized carbons (Fsp3) is 0.382. The van der Waals surface area contributed by atoms with Crippen molar-refractivity contribution in [1.29, 1.82) is 0 Å². The summed E-state index contributed by atoms with van der Waals surface area (Å²) in [5.74, 6) is 0. The number of benzene rings is 7. The van der Waals surface area contributed by atoms with Crippen molar-refractivity contribution in [3.63, 3.8) is 0 Å². The van der Waals surface area contributed by atoms with Gasteiger partial charge in [0.25, 0.3) is 0 Å². The van der Waals surface area contributed by atoms with Crippen LogP contribution < -0.4 is 20.6 Å². The zero-order valence-corrected chi connectivity index (χ0v) is 45.8. The predicted octanol–water partition coefficient (Wildman–Crippen LogP) is 17.3. The Balaban J connectivity index is 1.27. The van der Waals surface area contributed by atoms with E-state index in [0.29, 0.717) is 0 Å². The molecule has 12 rings (SSSR count). The molecule has 0 fully saturated rings. The predicted molar refractivity (Wildman–Crippen MR) is 307 cm³/mol. The number of hydrogen-bond donors (Lipinski definition) is 0. The molecule has 0 spiro atoms. The van der Waals surface area contributed by atoms with Crippen LogP contribution in [0.2, 0.25) is 0 Å². The van der Waals surface area contributed by atoms with E-state index in [9.17, 15) is 0 Å². The van der Waals surface area contributed by atoms with Gasteiger partial charge in [0.1, 0.15) is 0 Å². The molecule has 0 amide bonds. The summed E-state index contributed by atoms with van der Waals surface area (Å²) in [6.07, 6.45) is 4.70. The second-order valence-corrected chi connectivity index (χ2v) is 26.9. The monoisotopic (exact) mass is 931 g/mol. The molecular formula is C68H75BN2. The van der Waals surface area contributed by atoms with Crippen LogP contribution in [-0.4, -0.2) is 6.85 Å². The quantitative estimate of drug-likeness (QED) is 0.163. The molecule has 0 N–H and O–H groups in total. The summed E-state index contributed by atoms with van der Waals surface area (Å²) in [5, 5.41) is 0. The van der Waals surface area contributed by atoms with E-state index >= 15 is 0 Å². The van der Waals surface area contributed by atoms with Gasteiger partial charge in [-0.15, -0.1) is 0 Å². The van der Waals surface area contributed by atoms with Crippen LogP contribution >= 0.6 is 0 Å². The third-order valence-electron chi connectivity index (χ3n) is 18.9. The van der Waals surface area contributed by atoms with Crippen molar-refractivity contribution in [3.05, 3.63) is 171 Å². The Morgan fingerprint density at radius 3 is 1.59 bits per heavy atom. The standard InChI is InChI=1S/C68H75BN2/c1-40-20-19-21-41(2)61(40)43-33-49-48-35-53-55(67(13,14)31-29-65(53,9)10)39-58(48)71(45-26-24-44(25-27-45)63(4,5)6)69-56-36-47-46-22-17-18-23-50(46)68(15,16)51(47)37-59(56)70(60(34-43)62(49)69)57-38-54-52(32-42(57)3)64(7,8)28-30-66(54,11)12/h17-27,32-39H,28-31H2,1-16H3. The van der Waals surface area contributed by atoms with Crippen LogP contribution in [0.1, 0.15) is 171 Å². The highest BCUT2D eigenvalue weighted by atomic mass is 15.2. The maximum absolute atomic E-state index is 2.78. The number of fused-ring (bicyclic) bond motifs is 9. The number of nitrogens with zero attached hydrogens (tertiary/aromatic N) is 2. The van der Waals surface area contributed by atoms with E-state index in [1.807, 2.05) is 0 Å². The summed E-state index contributed by atoms with van der Waals surface area (Å²) in [5.41, 5.74) is 31.5. The van der Waals surface area contributed by atoms with Crippen molar-refractivity contribution in [2.75, 3.05) is 9.71 Å². The lowest BCUT2D eigenvalue weighted by Crippen LogP contribution is -2.62. The summed E-state index contributed by atoms with van der Waals surface area (Å²) in [6, 6.07) is 46.8. The summed E-state index contributed by atoms with van der Waals surface area (Å²) >= 11 is 0. The molecule has 0 unspecified atom stereocenters. The Labute approximate surface area is 427 Å². The lowest BCUT2D eigenvalue weighted by molar-refractivity contribution is 0.332. The van der Waals surface area contributed by atoms with Gasteiger partial charge in [-0.2, -0.15) is 0 Å². The Kier molecular flexibility index (Phi) is 9.71. The summed E-state index contributed by atoms with van der Waals surface area (Å²) < 4.78 is 0. The lowest BCUT2D eigenvalue weighted by Gasteiger charge is -2.49. The average molecular weight is 931 g/mol. The molecule has 0 atom stereocenters. The fourth-order valence-electron chi connectivity index (χ4n) is 14.2. The summed E-state index contributed by atoms with van der Waals surface area (Å²) in [6.45, 7) is 38.7. The van der Waals surface area contributed by atoms with Crippen molar-refractivity contribution in [2.24, 2.45) is 0 Å². The molecule has 2 aliphatic heterocycles. The molecule has 0 radical (unpaired) electrons. The van der Waals surface area contributed by atoms with E-state index in [0.717, 1.165) is 0 Å². The third-order valence-corrected chi connectivity index (χ3v) is 18.9. The van der Waals surface area contributed by atoms with Gasteiger partial charge < -0.3 is 9.71 Å². The SMILES string of the molecule is Cc1cc2c(cc1N1c3cc4c(cc3B3c5c(cc(-c6c(C)cccc6C)cc51)-c1cc5c(cc1N3c1ccc(C(C)(C)C)cc1)C(C)(C)CCC5(C)C)-c1ccccc1C4(C)C)C(C)(C)CCC2(C)C. The van der Waals surface area contributed by atoms with Crippen molar-refractivity contribution >= 4 is 46.2 Å². The van der Waals surface area contributed by atoms with Gasteiger partial charge in [-0.25, -0.2) is 0 Å². The largest absolute Gasteiger partial charge is 0.376 e.